The lowest BCUT2D eigenvalue weighted by Gasteiger charge is -2.28. The maximum Gasteiger partial charge on any atom is 0.241 e. The second-order valence-corrected chi connectivity index (χ2v) is 8.00. The molecule has 1 N–H and O–H groups in total. The number of benzene rings is 2. The van der Waals surface area contributed by atoms with Crippen LogP contribution in [0.4, 0.5) is 0 Å². The lowest BCUT2D eigenvalue weighted by Crippen LogP contribution is -2.24. The summed E-state index contributed by atoms with van der Waals surface area (Å²) in [4.78, 5) is 0. The first-order chi connectivity index (χ1) is 12.5. The second-order valence-electron chi connectivity index (χ2n) is 8.00. The molecule has 0 saturated carbocycles. The Labute approximate surface area is 157 Å². The van der Waals surface area contributed by atoms with Gasteiger partial charge in [0, 0.05) is 6.92 Å². The van der Waals surface area contributed by atoms with Gasteiger partial charge in [0.25, 0.3) is 0 Å². The minimum atomic E-state index is -0.0394. The van der Waals surface area contributed by atoms with Crippen LogP contribution in [0, 0.1) is 0 Å². The van der Waals surface area contributed by atoms with Crippen LogP contribution in [0.25, 0.3) is 0 Å². The minimum Gasteiger partial charge on any atom is -0.365 e. The molecule has 0 bridgehead atoms. The molecule has 2 aromatic carbocycles. The molecule has 2 aromatic rings. The lowest BCUT2D eigenvalue weighted by molar-refractivity contribution is -0.521. The molecule has 3 rings (SSSR count). The van der Waals surface area contributed by atoms with E-state index in [0.717, 1.165) is 19.6 Å². The van der Waals surface area contributed by atoms with Crippen molar-refractivity contribution < 1.29 is 9.31 Å². The van der Waals surface area contributed by atoms with Crippen molar-refractivity contribution in [3.63, 3.8) is 0 Å². The van der Waals surface area contributed by atoms with E-state index in [4.69, 9.17) is 4.74 Å². The van der Waals surface area contributed by atoms with Crippen LogP contribution in [0.1, 0.15) is 50.5 Å². The maximum absolute atomic E-state index is 6.48. The van der Waals surface area contributed by atoms with Gasteiger partial charge in [0.2, 0.25) is 5.84 Å². The van der Waals surface area contributed by atoms with Gasteiger partial charge in [-0.15, -0.1) is 0 Å². The fraction of sp³-hybridized carbons (Fsp3) is 0.435. The van der Waals surface area contributed by atoms with Gasteiger partial charge < -0.3 is 4.74 Å². The van der Waals surface area contributed by atoms with E-state index in [0.29, 0.717) is 6.61 Å². The molecular weight excluding hydrogens is 320 g/mol. The molecule has 3 heteroatoms. The van der Waals surface area contributed by atoms with Crippen molar-refractivity contribution in [3.8, 4) is 0 Å². The molecule has 1 aliphatic rings. The van der Waals surface area contributed by atoms with E-state index in [1.165, 1.54) is 22.5 Å². The molecule has 26 heavy (non-hydrogen) atoms. The summed E-state index contributed by atoms with van der Waals surface area (Å²) in [5, 5.41) is 3.39. The van der Waals surface area contributed by atoms with Gasteiger partial charge in [-0.3, -0.25) is 9.89 Å². The fourth-order valence-electron chi connectivity index (χ4n) is 3.61. The average Bonchev–Trinajstić information content (AvgIpc) is 3.04. The van der Waals surface area contributed by atoms with Gasteiger partial charge >= 0.3 is 0 Å². The zero-order valence-corrected chi connectivity index (χ0v) is 16.5. The Morgan fingerprint density at radius 3 is 2.38 bits per heavy atom. The minimum absolute atomic E-state index is 0.0394. The number of hydrogen-bond acceptors (Lipinski definition) is 2. The van der Waals surface area contributed by atoms with Crippen molar-refractivity contribution in [2.75, 3.05) is 26.2 Å². The van der Waals surface area contributed by atoms with Gasteiger partial charge in [0.15, 0.2) is 0 Å². The van der Waals surface area contributed by atoms with Gasteiger partial charge in [-0.1, -0.05) is 75.4 Å². The number of rotatable bonds is 6. The van der Waals surface area contributed by atoms with E-state index >= 15 is 0 Å². The number of hydrogen-bond donors (Lipinski definition) is 1. The summed E-state index contributed by atoms with van der Waals surface area (Å²) in [5.41, 5.74) is 3.91. The quantitative estimate of drug-likeness (QED) is 0.792. The molecule has 1 aliphatic heterocycles. The van der Waals surface area contributed by atoms with Crippen molar-refractivity contribution in [2.24, 2.45) is 0 Å². The Hall–Kier alpha value is -2.13. The molecule has 0 aliphatic carbocycles. The summed E-state index contributed by atoms with van der Waals surface area (Å²) >= 11 is 0. The van der Waals surface area contributed by atoms with Gasteiger partial charge in [-0.2, -0.15) is 0 Å². The third-order valence-corrected chi connectivity index (χ3v) is 5.04. The van der Waals surface area contributed by atoms with Crippen LogP contribution in [-0.2, 0) is 10.2 Å². The van der Waals surface area contributed by atoms with Crippen LogP contribution in [-0.4, -0.2) is 36.7 Å². The van der Waals surface area contributed by atoms with Crippen LogP contribution in [0.3, 0.4) is 0 Å². The summed E-state index contributed by atoms with van der Waals surface area (Å²) in [6.07, 6.45) is -0.0394. The maximum atomic E-state index is 6.48. The Bertz CT molecular complexity index is 759. The zero-order valence-electron chi connectivity index (χ0n) is 16.5. The van der Waals surface area contributed by atoms with E-state index in [2.05, 4.69) is 92.2 Å². The SMILES string of the molecule is CC1=[N+](CCO[C@H](c2ccccc2)c2ccccc2C(C)(C)C)CCN1. The normalized spacial score (nSPS) is 15.8. The lowest BCUT2D eigenvalue weighted by atomic mass is 9.81. The largest absolute Gasteiger partial charge is 0.365 e. The van der Waals surface area contributed by atoms with Crippen LogP contribution in [0.2, 0.25) is 0 Å². The number of amidine groups is 1. The highest BCUT2D eigenvalue weighted by molar-refractivity contribution is 5.75. The highest BCUT2D eigenvalue weighted by atomic mass is 16.5. The molecule has 3 nitrogen and oxygen atoms in total. The van der Waals surface area contributed by atoms with Crippen molar-refractivity contribution in [1.82, 2.24) is 5.32 Å². The third-order valence-electron chi connectivity index (χ3n) is 5.04. The molecule has 1 atom stereocenters. The molecule has 138 valence electrons. The van der Waals surface area contributed by atoms with E-state index in [1.54, 1.807) is 0 Å². The Balaban J connectivity index is 1.87. The topological polar surface area (TPSA) is 24.3 Å². The number of nitrogens with zero attached hydrogens (tertiary/aromatic N) is 1. The highest BCUT2D eigenvalue weighted by Crippen LogP contribution is 2.34. The molecule has 1 heterocycles. The van der Waals surface area contributed by atoms with Crippen LogP contribution in [0.15, 0.2) is 54.6 Å². The van der Waals surface area contributed by atoms with Crippen LogP contribution in [0.5, 0.6) is 0 Å². The summed E-state index contributed by atoms with van der Waals surface area (Å²) in [6.45, 7) is 12.6. The molecule has 0 unspecified atom stereocenters. The van der Waals surface area contributed by atoms with Gasteiger partial charge in [0.1, 0.15) is 25.7 Å². The number of ether oxygens (including phenoxy) is 1. The summed E-state index contributed by atoms with van der Waals surface area (Å²) in [5.74, 6) is 1.25. The molecular formula is C23H31N2O+. The highest BCUT2D eigenvalue weighted by Gasteiger charge is 2.25. The Kier molecular flexibility index (Phi) is 5.77. The fourth-order valence-corrected chi connectivity index (χ4v) is 3.61. The standard InChI is InChI=1S/C23H30N2O/c1-18-24-14-15-25(18)16-17-26-22(19-10-6-5-7-11-19)20-12-8-9-13-21(20)23(2,3)4/h5-13,22H,14-17H2,1-4H3/p+1/t22-/m1/s1. The van der Waals surface area contributed by atoms with Crippen molar-refractivity contribution in [3.05, 3.63) is 71.3 Å². The second kappa shape index (κ2) is 8.05. The van der Waals surface area contributed by atoms with E-state index in [-0.39, 0.29) is 11.5 Å². The number of nitrogens with one attached hydrogen (secondary N) is 1. The first kappa shape index (κ1) is 18.7. The van der Waals surface area contributed by atoms with Gasteiger partial charge in [-0.05, 0) is 22.1 Å². The van der Waals surface area contributed by atoms with E-state index < -0.39 is 0 Å². The van der Waals surface area contributed by atoms with Crippen LogP contribution < -0.4 is 5.32 Å². The van der Waals surface area contributed by atoms with Crippen molar-refractivity contribution in [2.45, 2.75) is 39.2 Å². The summed E-state index contributed by atoms with van der Waals surface area (Å²) in [7, 11) is 0. The predicted octanol–water partition coefficient (Wildman–Crippen LogP) is 4.12. The first-order valence-corrected chi connectivity index (χ1v) is 9.55. The van der Waals surface area contributed by atoms with E-state index in [9.17, 15) is 0 Å². The molecule has 0 radical (unpaired) electrons. The van der Waals surface area contributed by atoms with Crippen molar-refractivity contribution in [1.29, 1.82) is 0 Å². The molecule has 0 aromatic heterocycles. The summed E-state index contributed by atoms with van der Waals surface area (Å²) < 4.78 is 8.84. The van der Waals surface area contributed by atoms with Gasteiger partial charge in [0.05, 0.1) is 6.61 Å². The molecule has 0 fully saturated rings. The van der Waals surface area contributed by atoms with Gasteiger partial charge in [-0.25, -0.2) is 0 Å². The Morgan fingerprint density at radius 1 is 1.04 bits per heavy atom. The first-order valence-electron chi connectivity index (χ1n) is 9.55. The van der Waals surface area contributed by atoms with Crippen molar-refractivity contribution >= 4 is 5.84 Å². The van der Waals surface area contributed by atoms with Crippen LogP contribution >= 0.6 is 0 Å². The van der Waals surface area contributed by atoms with E-state index in [1.807, 2.05) is 0 Å². The predicted molar refractivity (Wildman–Crippen MR) is 108 cm³/mol. The molecule has 0 amide bonds. The zero-order chi connectivity index (χ0) is 18.6. The third kappa shape index (κ3) is 4.34. The molecule has 0 saturated heterocycles. The summed E-state index contributed by atoms with van der Waals surface area (Å²) in [6, 6.07) is 19.3. The average molecular weight is 352 g/mol. The molecule has 0 spiro atoms. The monoisotopic (exact) mass is 351 g/mol. The smallest absolute Gasteiger partial charge is 0.241 e. The Morgan fingerprint density at radius 2 is 1.73 bits per heavy atom.